The summed E-state index contributed by atoms with van der Waals surface area (Å²) in [7, 11) is -0.791. The zero-order chi connectivity index (χ0) is 22.1. The van der Waals surface area contributed by atoms with Gasteiger partial charge in [0.05, 0.1) is 16.2 Å². The summed E-state index contributed by atoms with van der Waals surface area (Å²) in [5.74, 6) is -1.38. The first kappa shape index (κ1) is 22.5. The van der Waals surface area contributed by atoms with Crippen molar-refractivity contribution in [2.24, 2.45) is 0 Å². The van der Waals surface area contributed by atoms with Gasteiger partial charge in [-0.15, -0.1) is 0 Å². The summed E-state index contributed by atoms with van der Waals surface area (Å²) < 4.78 is 30.5. The standard InChI is InChI=1S/C20H24N2O6S/c1-11-17(13(3)23)12(2)21-18(11)19(24)14(4)28-20(25)15-7-9-16(10-8-15)29(26,27)22(5)6/h7-10,14,21H,1-6H3/t14-/m0/s1. The van der Waals surface area contributed by atoms with Gasteiger partial charge >= 0.3 is 5.97 Å². The van der Waals surface area contributed by atoms with Crippen molar-refractivity contribution in [1.29, 1.82) is 0 Å². The number of benzene rings is 1. The van der Waals surface area contributed by atoms with E-state index in [-0.39, 0.29) is 21.9 Å². The van der Waals surface area contributed by atoms with Crippen molar-refractivity contribution < 1.29 is 27.5 Å². The molecule has 0 bridgehead atoms. The number of sulfonamides is 1. The van der Waals surface area contributed by atoms with Gasteiger partial charge in [-0.1, -0.05) is 0 Å². The molecule has 0 fully saturated rings. The molecule has 0 amide bonds. The van der Waals surface area contributed by atoms with Gasteiger partial charge in [-0.05, 0) is 57.5 Å². The van der Waals surface area contributed by atoms with Crippen molar-refractivity contribution in [2.45, 2.75) is 38.7 Å². The molecule has 0 spiro atoms. The maximum Gasteiger partial charge on any atom is 0.338 e. The number of nitrogens with zero attached hydrogens (tertiary/aromatic N) is 1. The Labute approximate surface area is 169 Å². The van der Waals surface area contributed by atoms with Crippen LogP contribution in [0.15, 0.2) is 29.2 Å². The van der Waals surface area contributed by atoms with Crippen LogP contribution >= 0.6 is 0 Å². The Bertz CT molecular complexity index is 1070. The molecule has 156 valence electrons. The quantitative estimate of drug-likeness (QED) is 0.544. The molecule has 1 heterocycles. The van der Waals surface area contributed by atoms with Gasteiger partial charge in [0.2, 0.25) is 15.8 Å². The Hall–Kier alpha value is -2.78. The van der Waals surface area contributed by atoms with E-state index in [0.717, 1.165) is 4.31 Å². The summed E-state index contributed by atoms with van der Waals surface area (Å²) in [5.41, 5.74) is 1.88. The number of rotatable bonds is 7. The summed E-state index contributed by atoms with van der Waals surface area (Å²) in [5, 5.41) is 0. The molecular weight excluding hydrogens is 396 g/mol. The number of hydrogen-bond acceptors (Lipinski definition) is 6. The minimum atomic E-state index is -3.61. The number of nitrogens with one attached hydrogen (secondary N) is 1. The Morgan fingerprint density at radius 3 is 2.07 bits per heavy atom. The third kappa shape index (κ3) is 4.46. The van der Waals surface area contributed by atoms with Crippen molar-refractivity contribution in [2.75, 3.05) is 14.1 Å². The lowest BCUT2D eigenvalue weighted by Crippen LogP contribution is -2.25. The van der Waals surface area contributed by atoms with Crippen LogP contribution in [0.25, 0.3) is 0 Å². The van der Waals surface area contributed by atoms with Gasteiger partial charge in [0, 0.05) is 25.4 Å². The van der Waals surface area contributed by atoms with E-state index in [9.17, 15) is 22.8 Å². The molecule has 29 heavy (non-hydrogen) atoms. The van der Waals surface area contributed by atoms with Gasteiger partial charge in [0.15, 0.2) is 11.9 Å². The second-order valence-electron chi connectivity index (χ2n) is 6.90. The zero-order valence-electron chi connectivity index (χ0n) is 17.2. The van der Waals surface area contributed by atoms with Crippen LogP contribution in [0.1, 0.15) is 56.3 Å². The normalized spacial score (nSPS) is 12.7. The third-order valence-corrected chi connectivity index (χ3v) is 6.39. The van der Waals surface area contributed by atoms with E-state index in [2.05, 4.69) is 4.98 Å². The predicted octanol–water partition coefficient (Wildman–Crippen LogP) is 2.51. The lowest BCUT2D eigenvalue weighted by molar-refractivity contribution is 0.0317. The number of hydrogen-bond donors (Lipinski definition) is 1. The van der Waals surface area contributed by atoms with E-state index < -0.39 is 27.9 Å². The van der Waals surface area contributed by atoms with Crippen LogP contribution in [0.5, 0.6) is 0 Å². The molecule has 1 atom stereocenters. The lowest BCUT2D eigenvalue weighted by Gasteiger charge is -2.13. The fraction of sp³-hybridized carbons (Fsp3) is 0.350. The average molecular weight is 420 g/mol. The van der Waals surface area contributed by atoms with Crippen molar-refractivity contribution in [1.82, 2.24) is 9.29 Å². The second-order valence-corrected chi connectivity index (χ2v) is 9.06. The van der Waals surface area contributed by atoms with Gasteiger partial charge in [0.25, 0.3) is 0 Å². The van der Waals surface area contributed by atoms with Gasteiger partial charge in [0.1, 0.15) is 0 Å². The molecule has 0 radical (unpaired) electrons. The first-order valence-corrected chi connectivity index (χ1v) is 10.3. The van der Waals surface area contributed by atoms with Crippen molar-refractivity contribution >= 4 is 27.6 Å². The number of carbonyl (C=O) groups excluding carboxylic acids is 3. The number of Topliss-reactive ketones (excluding diaryl/α,β-unsaturated/α-hetero) is 2. The average Bonchev–Trinajstić information content (AvgIpc) is 2.95. The molecule has 8 nitrogen and oxygen atoms in total. The van der Waals surface area contributed by atoms with E-state index in [4.69, 9.17) is 4.74 Å². The summed E-state index contributed by atoms with van der Waals surface area (Å²) in [6, 6.07) is 5.26. The first-order valence-electron chi connectivity index (χ1n) is 8.85. The van der Waals surface area contributed by atoms with Crippen LogP contribution in [0, 0.1) is 13.8 Å². The van der Waals surface area contributed by atoms with Gasteiger partial charge in [-0.3, -0.25) is 9.59 Å². The maximum atomic E-state index is 12.7. The summed E-state index contributed by atoms with van der Waals surface area (Å²) in [6.45, 7) is 6.21. The van der Waals surface area contributed by atoms with Crippen LogP contribution in [0.4, 0.5) is 0 Å². The highest BCUT2D eigenvalue weighted by Crippen LogP contribution is 2.21. The third-order valence-electron chi connectivity index (χ3n) is 4.56. The maximum absolute atomic E-state index is 12.7. The van der Waals surface area contributed by atoms with Crippen LogP contribution in [-0.4, -0.2) is 55.4 Å². The second kappa shape index (κ2) is 8.30. The fourth-order valence-electron chi connectivity index (χ4n) is 2.98. The largest absolute Gasteiger partial charge is 0.451 e. The highest BCUT2D eigenvalue weighted by molar-refractivity contribution is 7.89. The predicted molar refractivity (Wildman–Crippen MR) is 107 cm³/mol. The van der Waals surface area contributed by atoms with E-state index in [1.807, 2.05) is 0 Å². The van der Waals surface area contributed by atoms with E-state index in [1.54, 1.807) is 13.8 Å². The number of H-pyrrole nitrogens is 1. The number of aryl methyl sites for hydroxylation is 1. The molecule has 2 rings (SSSR count). The molecule has 0 aliphatic carbocycles. The Kier molecular flexibility index (Phi) is 6.44. The van der Waals surface area contributed by atoms with E-state index in [0.29, 0.717) is 16.8 Å². The smallest absolute Gasteiger partial charge is 0.338 e. The number of aromatic amines is 1. The van der Waals surface area contributed by atoms with E-state index in [1.165, 1.54) is 52.2 Å². The zero-order valence-corrected chi connectivity index (χ0v) is 18.0. The molecular formula is C20H24N2O6S. The Morgan fingerprint density at radius 2 is 1.62 bits per heavy atom. The number of ketones is 2. The molecule has 2 aromatic rings. The minimum absolute atomic E-state index is 0.0393. The summed E-state index contributed by atoms with van der Waals surface area (Å²) in [6.07, 6.45) is -1.09. The monoisotopic (exact) mass is 420 g/mol. The topological polar surface area (TPSA) is 114 Å². The van der Waals surface area contributed by atoms with Crippen molar-refractivity contribution in [3.8, 4) is 0 Å². The molecule has 1 aromatic carbocycles. The van der Waals surface area contributed by atoms with Gasteiger partial charge in [-0.25, -0.2) is 17.5 Å². The molecule has 0 saturated heterocycles. The van der Waals surface area contributed by atoms with Crippen LogP contribution in [0.3, 0.4) is 0 Å². The van der Waals surface area contributed by atoms with Gasteiger partial charge < -0.3 is 9.72 Å². The molecule has 1 N–H and O–H groups in total. The molecule has 0 unspecified atom stereocenters. The van der Waals surface area contributed by atoms with E-state index >= 15 is 0 Å². The number of ether oxygens (including phenoxy) is 1. The minimum Gasteiger partial charge on any atom is -0.451 e. The molecule has 9 heteroatoms. The van der Waals surface area contributed by atoms with Crippen LogP contribution < -0.4 is 0 Å². The van der Waals surface area contributed by atoms with Crippen LogP contribution in [0.2, 0.25) is 0 Å². The van der Waals surface area contributed by atoms with Gasteiger partial charge in [-0.2, -0.15) is 0 Å². The first-order chi connectivity index (χ1) is 13.4. The molecule has 0 saturated carbocycles. The molecule has 0 aliphatic heterocycles. The number of carbonyl (C=O) groups is 3. The SMILES string of the molecule is CC(=O)c1c(C)[nH]c(C(=O)[C@H](C)OC(=O)c2ccc(S(=O)(=O)N(C)C)cc2)c1C. The van der Waals surface area contributed by atoms with Crippen molar-refractivity contribution in [3.05, 3.63) is 52.3 Å². The molecule has 0 aliphatic rings. The number of aromatic nitrogens is 1. The fourth-order valence-corrected chi connectivity index (χ4v) is 3.89. The Balaban J connectivity index is 2.18. The summed E-state index contributed by atoms with van der Waals surface area (Å²) in [4.78, 5) is 39.7. The number of esters is 1. The summed E-state index contributed by atoms with van der Waals surface area (Å²) >= 11 is 0. The van der Waals surface area contributed by atoms with Crippen LogP contribution in [-0.2, 0) is 14.8 Å². The Morgan fingerprint density at radius 1 is 1.07 bits per heavy atom. The highest BCUT2D eigenvalue weighted by atomic mass is 32.2. The highest BCUT2D eigenvalue weighted by Gasteiger charge is 2.26. The van der Waals surface area contributed by atoms with Crippen molar-refractivity contribution in [3.63, 3.8) is 0 Å². The molecule has 1 aromatic heterocycles. The lowest BCUT2D eigenvalue weighted by atomic mass is 10.0.